The molecule has 1 atom stereocenters. The lowest BCUT2D eigenvalue weighted by Gasteiger charge is -2.25. The molecule has 1 aliphatic rings. The minimum atomic E-state index is -3.99. The predicted molar refractivity (Wildman–Crippen MR) is 69.4 cm³/mol. The van der Waals surface area contributed by atoms with E-state index in [-0.39, 0.29) is 14.2 Å². The third-order valence-electron chi connectivity index (χ3n) is 2.66. The van der Waals surface area contributed by atoms with Crippen LogP contribution in [0, 0.1) is 11.3 Å². The van der Waals surface area contributed by atoms with Crippen molar-refractivity contribution in [1.82, 2.24) is 4.98 Å². The minimum Gasteiger partial charge on any atom is -0.246 e. The van der Waals surface area contributed by atoms with Crippen LogP contribution in [-0.4, -0.2) is 13.4 Å². The largest absolute Gasteiger partial charge is 0.246 e. The van der Waals surface area contributed by atoms with Crippen LogP contribution < -0.4 is 5.14 Å². The summed E-state index contributed by atoms with van der Waals surface area (Å²) in [6.07, 6.45) is 2.86. The Balaban J connectivity index is 2.58. The molecule has 0 saturated carbocycles. The molecule has 0 radical (unpaired) electrons. The van der Waals surface area contributed by atoms with E-state index in [4.69, 9.17) is 16.7 Å². The second-order valence-corrected chi connectivity index (χ2v) is 7.13. The fraction of sp³-hybridized carbons (Fsp3) is 0.200. The number of rotatable bonds is 2. The van der Waals surface area contributed by atoms with Gasteiger partial charge in [-0.05, 0) is 12.2 Å². The van der Waals surface area contributed by atoms with Gasteiger partial charge in [0.15, 0.2) is 5.41 Å². The lowest BCUT2D eigenvalue weighted by atomic mass is 9.82. The van der Waals surface area contributed by atoms with E-state index in [1.807, 2.05) is 0 Å². The molecule has 19 heavy (non-hydrogen) atoms. The summed E-state index contributed by atoms with van der Waals surface area (Å²) >= 11 is 6.64. The predicted octanol–water partition coefficient (Wildman–Crippen LogP) is 1.99. The molecule has 1 heterocycles. The highest BCUT2D eigenvalue weighted by atomic mass is 35.5. The van der Waals surface area contributed by atoms with Crippen molar-refractivity contribution < 1.29 is 12.8 Å². The molecule has 0 spiro atoms. The van der Waals surface area contributed by atoms with Gasteiger partial charge in [-0.15, -0.1) is 11.3 Å². The Bertz CT molecular complexity index is 732. The number of thiazole rings is 1. The monoisotopic (exact) mass is 319 g/mol. The molecule has 1 aromatic rings. The molecule has 2 N–H and O–H groups in total. The number of nitriles is 1. The first kappa shape index (κ1) is 14.1. The first-order valence-corrected chi connectivity index (χ1v) is 7.66. The SMILES string of the molecule is N#CC1(c2ncc(Cl)s2)CC(S(N)(=O)=O)=CC=C1F. The summed E-state index contributed by atoms with van der Waals surface area (Å²) in [5, 5.41) is 14.4. The number of sulfonamides is 1. The number of nitrogens with two attached hydrogens (primary N) is 1. The zero-order chi connectivity index (χ0) is 14.3. The van der Waals surface area contributed by atoms with Crippen LogP contribution >= 0.6 is 22.9 Å². The molecular formula is C10H7ClFN3O2S2. The van der Waals surface area contributed by atoms with Crippen molar-refractivity contribution in [3.05, 3.63) is 38.4 Å². The van der Waals surface area contributed by atoms with Gasteiger partial charge in [0, 0.05) is 6.42 Å². The first-order valence-electron chi connectivity index (χ1n) is 4.92. The van der Waals surface area contributed by atoms with Crippen molar-refractivity contribution >= 4 is 33.0 Å². The molecule has 5 nitrogen and oxygen atoms in total. The van der Waals surface area contributed by atoms with Gasteiger partial charge in [-0.1, -0.05) is 11.6 Å². The van der Waals surface area contributed by atoms with Crippen molar-refractivity contribution in [3.8, 4) is 6.07 Å². The van der Waals surface area contributed by atoms with Gasteiger partial charge < -0.3 is 0 Å². The van der Waals surface area contributed by atoms with Gasteiger partial charge >= 0.3 is 0 Å². The highest BCUT2D eigenvalue weighted by Gasteiger charge is 2.44. The number of allylic oxidation sites excluding steroid dienone is 4. The van der Waals surface area contributed by atoms with E-state index >= 15 is 0 Å². The van der Waals surface area contributed by atoms with Crippen molar-refractivity contribution in [3.63, 3.8) is 0 Å². The molecule has 1 aromatic heterocycles. The summed E-state index contributed by atoms with van der Waals surface area (Å²) in [5.74, 6) is -0.784. The summed E-state index contributed by atoms with van der Waals surface area (Å²) in [7, 11) is -3.99. The summed E-state index contributed by atoms with van der Waals surface area (Å²) in [4.78, 5) is 3.65. The van der Waals surface area contributed by atoms with E-state index in [1.165, 1.54) is 6.20 Å². The van der Waals surface area contributed by atoms with E-state index in [9.17, 15) is 18.1 Å². The summed E-state index contributed by atoms with van der Waals surface area (Å²) in [5.41, 5.74) is -1.78. The normalized spacial score (nSPS) is 23.5. The van der Waals surface area contributed by atoms with E-state index in [2.05, 4.69) is 4.98 Å². The van der Waals surface area contributed by atoms with Crippen LogP contribution in [0.1, 0.15) is 11.4 Å². The van der Waals surface area contributed by atoms with Gasteiger partial charge in [-0.25, -0.2) is 22.9 Å². The molecule has 1 unspecified atom stereocenters. The molecule has 0 aromatic carbocycles. The third-order valence-corrected chi connectivity index (χ3v) is 4.95. The molecule has 1 aliphatic carbocycles. The van der Waals surface area contributed by atoms with Crippen LogP contribution in [0.4, 0.5) is 4.39 Å². The maximum absolute atomic E-state index is 14.0. The Hall–Kier alpha value is -1.27. The maximum atomic E-state index is 14.0. The van der Waals surface area contributed by atoms with Crippen LogP contribution in [0.3, 0.4) is 0 Å². The highest BCUT2D eigenvalue weighted by molar-refractivity contribution is 7.93. The van der Waals surface area contributed by atoms with Crippen molar-refractivity contribution in [2.45, 2.75) is 11.8 Å². The molecule has 0 fully saturated rings. The van der Waals surface area contributed by atoms with Crippen molar-refractivity contribution in [1.29, 1.82) is 5.26 Å². The summed E-state index contributed by atoms with van der Waals surface area (Å²) in [6.45, 7) is 0. The van der Waals surface area contributed by atoms with Crippen LogP contribution in [0.2, 0.25) is 4.34 Å². The lowest BCUT2D eigenvalue weighted by Crippen LogP contribution is -2.31. The molecule has 0 aliphatic heterocycles. The lowest BCUT2D eigenvalue weighted by molar-refractivity contribution is 0.466. The fourth-order valence-electron chi connectivity index (χ4n) is 1.68. The molecule has 0 amide bonds. The van der Waals surface area contributed by atoms with Gasteiger partial charge in [0.25, 0.3) is 0 Å². The second-order valence-electron chi connectivity index (χ2n) is 3.86. The van der Waals surface area contributed by atoms with E-state index in [0.717, 1.165) is 23.5 Å². The van der Waals surface area contributed by atoms with E-state index in [1.54, 1.807) is 6.07 Å². The molecule has 0 bridgehead atoms. The second kappa shape index (κ2) is 4.68. The number of nitrogens with zero attached hydrogens (tertiary/aromatic N) is 2. The van der Waals surface area contributed by atoms with Crippen LogP contribution in [0.15, 0.2) is 29.1 Å². The highest BCUT2D eigenvalue weighted by Crippen LogP contribution is 2.44. The van der Waals surface area contributed by atoms with Crippen molar-refractivity contribution in [2.24, 2.45) is 5.14 Å². The molecule has 2 rings (SSSR count). The van der Waals surface area contributed by atoms with Crippen LogP contribution in [-0.2, 0) is 15.4 Å². The number of halogens is 2. The minimum absolute atomic E-state index is 0.100. The van der Waals surface area contributed by atoms with Gasteiger partial charge in [0.2, 0.25) is 10.0 Å². The van der Waals surface area contributed by atoms with Crippen LogP contribution in [0.25, 0.3) is 0 Å². The van der Waals surface area contributed by atoms with E-state index < -0.39 is 27.7 Å². The van der Waals surface area contributed by atoms with Gasteiger partial charge in [-0.2, -0.15) is 5.26 Å². The Kier molecular flexibility index (Phi) is 3.49. The quantitative estimate of drug-likeness (QED) is 0.901. The van der Waals surface area contributed by atoms with Gasteiger partial charge in [0.1, 0.15) is 15.2 Å². The topological polar surface area (TPSA) is 96.8 Å². The standard InChI is InChI=1S/C10H7ClFN3O2S2/c11-8-4-15-9(18-8)10(5-13)3-6(19(14,16)17)1-2-7(10)12/h1-2,4H,3H2,(H2,14,16,17). The Morgan fingerprint density at radius 1 is 1.58 bits per heavy atom. The first-order chi connectivity index (χ1) is 8.79. The molecule has 9 heteroatoms. The average Bonchev–Trinajstić information content (AvgIpc) is 2.76. The number of hydrogen-bond acceptors (Lipinski definition) is 5. The van der Waals surface area contributed by atoms with Crippen LogP contribution in [0.5, 0.6) is 0 Å². The number of primary sulfonamides is 1. The Labute approximate surface area is 117 Å². The Morgan fingerprint density at radius 2 is 2.26 bits per heavy atom. The molecular weight excluding hydrogens is 313 g/mol. The summed E-state index contributed by atoms with van der Waals surface area (Å²) < 4.78 is 37.0. The fourth-order valence-corrected chi connectivity index (χ4v) is 3.41. The third kappa shape index (κ3) is 2.42. The summed E-state index contributed by atoms with van der Waals surface area (Å²) in [6, 6.07) is 1.78. The van der Waals surface area contributed by atoms with Gasteiger partial charge in [-0.3, -0.25) is 0 Å². The van der Waals surface area contributed by atoms with Gasteiger partial charge in [0.05, 0.1) is 17.2 Å². The average molecular weight is 320 g/mol. The zero-order valence-corrected chi connectivity index (χ0v) is 11.7. The van der Waals surface area contributed by atoms with Crippen molar-refractivity contribution in [2.75, 3.05) is 0 Å². The zero-order valence-electron chi connectivity index (χ0n) is 9.30. The van der Waals surface area contributed by atoms with E-state index in [0.29, 0.717) is 0 Å². The number of hydrogen-bond donors (Lipinski definition) is 1. The molecule has 0 saturated heterocycles. The number of aromatic nitrogens is 1. The molecule has 100 valence electrons. The smallest absolute Gasteiger partial charge is 0.234 e. The maximum Gasteiger partial charge on any atom is 0.234 e. The Morgan fingerprint density at radius 3 is 2.74 bits per heavy atom.